The van der Waals surface area contributed by atoms with Crippen LogP contribution in [-0.2, 0) is 66.7 Å². The van der Waals surface area contributed by atoms with E-state index in [2.05, 4.69) is 94.5 Å². The van der Waals surface area contributed by atoms with Crippen LogP contribution in [0.25, 0.3) is 0 Å². The largest absolute Gasteiger partial charge is 0.456 e. The molecule has 0 aliphatic heterocycles. The Kier molecular flexibility index (Phi) is 29.7. The van der Waals surface area contributed by atoms with Crippen molar-refractivity contribution >= 4 is 41.8 Å². The number of hydrogen-bond donors (Lipinski definition) is 0. The summed E-state index contributed by atoms with van der Waals surface area (Å²) in [6.07, 6.45) is 58.6. The lowest BCUT2D eigenvalue weighted by Gasteiger charge is -2.61. The first-order chi connectivity index (χ1) is 51.0. The molecule has 19 aliphatic rings. The molecule has 0 aromatic heterocycles. The molecule has 14 nitrogen and oxygen atoms in total. The predicted octanol–water partition coefficient (Wildman–Crippen LogP) is 21.8. The minimum atomic E-state index is -0.339. The quantitative estimate of drug-likeness (QED) is 0.0600. The van der Waals surface area contributed by atoms with Crippen molar-refractivity contribution in [2.45, 2.75) is 358 Å². The van der Waals surface area contributed by atoms with E-state index in [9.17, 15) is 33.6 Å². The van der Waals surface area contributed by atoms with Gasteiger partial charge in [-0.1, -0.05) is 93.0 Å². The molecule has 0 aromatic carbocycles. The number of unbranched alkanes of at least 4 members (excludes halogenated alkanes) is 1. The Morgan fingerprint density at radius 2 is 0.626 bits per heavy atom. The highest BCUT2D eigenvalue weighted by Gasteiger charge is 2.62. The highest BCUT2D eigenvalue weighted by Crippen LogP contribution is 2.66. The topological polar surface area (TPSA) is 184 Å². The molecular formula is C93H142O14. The molecule has 0 saturated heterocycles. The van der Waals surface area contributed by atoms with Gasteiger partial charge in [0.1, 0.15) is 39.2 Å². The number of hydrogen-bond acceptors (Lipinski definition) is 14. The molecule has 107 heavy (non-hydrogen) atoms. The van der Waals surface area contributed by atoms with Crippen LogP contribution in [0.2, 0.25) is 0 Å². The van der Waals surface area contributed by atoms with Gasteiger partial charge < -0.3 is 33.2 Å². The summed E-state index contributed by atoms with van der Waals surface area (Å²) in [5.41, 5.74) is -1.15. The van der Waals surface area contributed by atoms with Crippen LogP contribution in [0.1, 0.15) is 319 Å². The Morgan fingerprint density at radius 1 is 0.336 bits per heavy atom. The molecule has 19 aliphatic carbocycles. The summed E-state index contributed by atoms with van der Waals surface area (Å²) in [4.78, 5) is 79.5. The van der Waals surface area contributed by atoms with Crippen LogP contribution in [0, 0.1) is 94.2 Å². The standard InChI is InChI=1S/C17H26O2.C16H24O2.C15H22O2.C14H20O2.C11H18O2.2C10H16O2/c1-3-5-6-17(19-16(18)4-2)14-8-12-7-13(10-14)11-15(17)9-12;1-4-14(17)18-15(2,3)16-8-11-5-12(9-16)7-13(6-11)10-16;1-3-14(16)17-15(4-2)12-6-10-5-11(8-12)9-13(15)7-10;1-3-13(15)16-14(2)11-5-9-4-10(7-11)8-12(14)6-9;1-3-10(12)13-11(4-2)8-6-5-7-9-11;1-3-9(11)12-10(2)7-5-4-6-8-10;1-3-9(11)12-10(4-2)7-5-6-8-10/h4,12-15H,2-3,5-11H2,1H3;4,11-13H,1,5-10H2,2-3H3;3,10-13H,1,4-9H2,2H3;3,9-12H,1,4-8H2,2H3;3H,1,4-9H2,2H3;2*3H,1,4-8H2,2H3. The summed E-state index contributed by atoms with van der Waals surface area (Å²) in [6.45, 7) is 41.3. The second-order valence-electron chi connectivity index (χ2n) is 37.4. The average Bonchev–Trinajstić information content (AvgIpc) is 0.784. The van der Waals surface area contributed by atoms with E-state index in [0.29, 0.717) is 35.5 Å². The summed E-state index contributed by atoms with van der Waals surface area (Å²) in [7, 11) is 0. The maximum Gasteiger partial charge on any atom is 0.330 e. The van der Waals surface area contributed by atoms with Gasteiger partial charge >= 0.3 is 41.8 Å². The van der Waals surface area contributed by atoms with E-state index in [0.717, 1.165) is 117 Å². The molecule has 598 valence electrons. The number of rotatable bonds is 21. The monoisotopic (exact) mass is 1480 g/mol. The third-order valence-electron chi connectivity index (χ3n) is 30.5. The zero-order valence-electron chi connectivity index (χ0n) is 67.9. The van der Waals surface area contributed by atoms with Gasteiger partial charge in [-0.3, -0.25) is 0 Å². The zero-order valence-corrected chi connectivity index (χ0v) is 67.9. The second-order valence-corrected chi connectivity index (χ2v) is 37.4. The molecule has 0 amide bonds. The van der Waals surface area contributed by atoms with Crippen molar-refractivity contribution in [3.8, 4) is 0 Å². The van der Waals surface area contributed by atoms with E-state index in [1.54, 1.807) is 0 Å². The number of carbonyl (C=O) groups is 7. The molecule has 0 spiro atoms. The van der Waals surface area contributed by atoms with Crippen molar-refractivity contribution in [3.05, 3.63) is 88.6 Å². The number of esters is 7. The summed E-state index contributed by atoms with van der Waals surface area (Å²) >= 11 is 0. The van der Waals surface area contributed by atoms with E-state index in [4.69, 9.17) is 33.2 Å². The SMILES string of the molecule is C=CC(=O)OC(C)(C)C12CC3CC(CC(C3)C1)C2.C=CC(=O)OC1(C)C2CC3CC(C2)CC1C3.C=CC(=O)OC1(C)CCCCC1.C=CC(=O)OC1(CC)C2CC3CC(C2)CC1C3.C=CC(=O)OC1(CC)CCCC1.C=CC(=O)OC1(CC)CCCCC1.C=CC(=O)OC1(CCCC)C2CC3CC(C2)CC1C3. The average molecular weight is 1480 g/mol. The molecule has 0 aromatic rings. The van der Waals surface area contributed by atoms with Crippen LogP contribution in [0.5, 0.6) is 0 Å². The van der Waals surface area contributed by atoms with Gasteiger partial charge in [-0.05, 0) is 360 Å². The van der Waals surface area contributed by atoms with Gasteiger partial charge in [-0.15, -0.1) is 0 Å². The van der Waals surface area contributed by atoms with Crippen LogP contribution in [-0.4, -0.2) is 81.0 Å². The Hall–Kier alpha value is -5.53. The first-order valence-electron chi connectivity index (χ1n) is 43.0. The Balaban J connectivity index is 0.000000145. The van der Waals surface area contributed by atoms with Gasteiger partial charge in [0.05, 0.1) is 0 Å². The van der Waals surface area contributed by atoms with E-state index in [-0.39, 0.29) is 86.4 Å². The minimum Gasteiger partial charge on any atom is -0.456 e. The molecule has 19 rings (SSSR count). The summed E-state index contributed by atoms with van der Waals surface area (Å²) < 4.78 is 39.3. The van der Waals surface area contributed by atoms with Gasteiger partial charge in [-0.25, -0.2) is 33.6 Å². The first-order valence-corrected chi connectivity index (χ1v) is 43.0. The molecule has 0 unspecified atom stereocenters. The van der Waals surface area contributed by atoms with Crippen molar-refractivity contribution in [2.24, 2.45) is 94.2 Å². The number of carbonyl (C=O) groups excluding carboxylic acids is 7. The lowest BCUT2D eigenvalue weighted by molar-refractivity contribution is -0.208. The van der Waals surface area contributed by atoms with Crippen LogP contribution in [0.15, 0.2) is 88.6 Å². The predicted molar refractivity (Wildman–Crippen MR) is 423 cm³/mol. The van der Waals surface area contributed by atoms with Crippen molar-refractivity contribution < 1.29 is 66.7 Å². The normalized spacial score (nSPS) is 36.7. The Morgan fingerprint density at radius 3 is 0.963 bits per heavy atom. The zero-order chi connectivity index (χ0) is 77.6. The van der Waals surface area contributed by atoms with Crippen molar-refractivity contribution in [1.29, 1.82) is 0 Å². The highest BCUT2D eigenvalue weighted by molar-refractivity contribution is 5.84. The molecule has 0 heterocycles. The second kappa shape index (κ2) is 37.2. The maximum atomic E-state index is 11.8. The Bertz CT molecular complexity index is 2980. The van der Waals surface area contributed by atoms with Crippen molar-refractivity contribution in [3.63, 3.8) is 0 Å². The van der Waals surface area contributed by atoms with E-state index >= 15 is 0 Å². The van der Waals surface area contributed by atoms with Gasteiger partial charge in [0.25, 0.3) is 0 Å². The molecule has 19 saturated carbocycles. The van der Waals surface area contributed by atoms with Gasteiger partial charge in [0.2, 0.25) is 0 Å². The smallest absolute Gasteiger partial charge is 0.330 e. The Labute approximate surface area is 645 Å². The van der Waals surface area contributed by atoms with Crippen LogP contribution in [0.3, 0.4) is 0 Å². The molecule has 19 fully saturated rings. The van der Waals surface area contributed by atoms with Crippen LogP contribution in [0.4, 0.5) is 0 Å². The minimum absolute atomic E-state index is 0.144. The third kappa shape index (κ3) is 20.4. The number of ether oxygens (including phenoxy) is 7. The fourth-order valence-electron chi connectivity index (χ4n) is 25.6. The van der Waals surface area contributed by atoms with E-state index in [1.165, 1.54) is 242 Å². The molecule has 16 bridgehead atoms. The maximum absolute atomic E-state index is 11.8. The van der Waals surface area contributed by atoms with Crippen molar-refractivity contribution in [1.82, 2.24) is 0 Å². The van der Waals surface area contributed by atoms with E-state index < -0.39 is 0 Å². The lowest BCUT2D eigenvalue weighted by atomic mass is 9.46. The highest BCUT2D eigenvalue weighted by atomic mass is 16.6. The summed E-state index contributed by atoms with van der Waals surface area (Å²) in [6, 6.07) is 0. The summed E-state index contributed by atoms with van der Waals surface area (Å²) in [5.74, 6) is 10.1. The van der Waals surface area contributed by atoms with Crippen LogP contribution >= 0.6 is 0 Å². The van der Waals surface area contributed by atoms with E-state index in [1.807, 2.05) is 6.92 Å². The van der Waals surface area contributed by atoms with Gasteiger partial charge in [0.15, 0.2) is 0 Å². The third-order valence-corrected chi connectivity index (χ3v) is 30.5. The van der Waals surface area contributed by atoms with Crippen LogP contribution < -0.4 is 0 Å². The van der Waals surface area contributed by atoms with Gasteiger partial charge in [-0.2, -0.15) is 0 Å². The molecule has 14 heteroatoms. The molecule has 0 atom stereocenters. The fraction of sp³-hybridized carbons (Fsp3) is 0.774. The molecular weight excluding hydrogens is 1340 g/mol. The fourth-order valence-corrected chi connectivity index (χ4v) is 25.6. The summed E-state index contributed by atoms with van der Waals surface area (Å²) in [5, 5.41) is 0. The van der Waals surface area contributed by atoms with Crippen molar-refractivity contribution in [2.75, 3.05) is 0 Å². The first kappa shape index (κ1) is 85.5. The van der Waals surface area contributed by atoms with Gasteiger partial charge in [0, 0.05) is 47.9 Å². The molecule has 0 radical (unpaired) electrons. The lowest BCUT2D eigenvalue weighted by Crippen LogP contribution is -2.59. The molecule has 0 N–H and O–H groups in total.